The molecule has 0 bridgehead atoms. The Labute approximate surface area is 208 Å². The van der Waals surface area contributed by atoms with Crippen LogP contribution in [-0.4, -0.2) is 48.0 Å². The van der Waals surface area contributed by atoms with Gasteiger partial charge in [-0.05, 0) is 60.6 Å². The SMILES string of the molecule is CN1CCN(Cc2ccc(-c3ccc4nccc(Nc5ccc(Cl)c(Cl)c5)c4c3)c(F)c2)CC1. The number of benzene rings is 3. The minimum absolute atomic E-state index is 0.214. The predicted octanol–water partition coefficient (Wildman–Crippen LogP) is 6.84. The zero-order valence-electron chi connectivity index (χ0n) is 18.9. The first-order chi connectivity index (χ1) is 16.5. The summed E-state index contributed by atoms with van der Waals surface area (Å²) in [5, 5.41) is 5.25. The molecule has 34 heavy (non-hydrogen) atoms. The molecular weight excluding hydrogens is 470 g/mol. The van der Waals surface area contributed by atoms with Gasteiger partial charge in [0.25, 0.3) is 0 Å². The number of aromatic nitrogens is 1. The molecule has 4 nitrogen and oxygen atoms in total. The number of hydrogen-bond acceptors (Lipinski definition) is 4. The Morgan fingerprint density at radius 2 is 1.74 bits per heavy atom. The summed E-state index contributed by atoms with van der Waals surface area (Å²) < 4.78 is 15.2. The maximum absolute atomic E-state index is 15.2. The molecular formula is C27H25Cl2FN4. The fourth-order valence-corrected chi connectivity index (χ4v) is 4.61. The summed E-state index contributed by atoms with van der Waals surface area (Å²) in [6.07, 6.45) is 1.75. The molecule has 0 aliphatic carbocycles. The highest BCUT2D eigenvalue weighted by molar-refractivity contribution is 6.42. The van der Waals surface area contributed by atoms with Crippen LogP contribution in [0, 0.1) is 5.82 Å². The van der Waals surface area contributed by atoms with E-state index in [1.165, 1.54) is 0 Å². The first-order valence-electron chi connectivity index (χ1n) is 11.3. The van der Waals surface area contributed by atoms with Gasteiger partial charge in [-0.3, -0.25) is 9.88 Å². The molecule has 174 valence electrons. The van der Waals surface area contributed by atoms with Gasteiger partial charge in [-0.1, -0.05) is 41.4 Å². The molecule has 0 spiro atoms. The largest absolute Gasteiger partial charge is 0.355 e. The van der Waals surface area contributed by atoms with Crippen molar-refractivity contribution in [3.63, 3.8) is 0 Å². The van der Waals surface area contributed by atoms with Gasteiger partial charge in [0.15, 0.2) is 0 Å². The maximum Gasteiger partial charge on any atom is 0.131 e. The number of pyridine rings is 1. The van der Waals surface area contributed by atoms with Crippen molar-refractivity contribution in [1.82, 2.24) is 14.8 Å². The van der Waals surface area contributed by atoms with E-state index < -0.39 is 0 Å². The molecule has 2 heterocycles. The molecule has 0 unspecified atom stereocenters. The van der Waals surface area contributed by atoms with Crippen molar-refractivity contribution in [3.05, 3.63) is 88.3 Å². The van der Waals surface area contributed by atoms with E-state index in [1.54, 1.807) is 24.4 Å². The molecule has 4 aromatic rings. The molecule has 0 amide bonds. The number of anilines is 2. The molecule has 0 radical (unpaired) electrons. The Bertz CT molecular complexity index is 1340. The summed E-state index contributed by atoms with van der Waals surface area (Å²) in [7, 11) is 2.14. The molecule has 0 atom stereocenters. The van der Waals surface area contributed by atoms with Crippen molar-refractivity contribution < 1.29 is 4.39 Å². The van der Waals surface area contributed by atoms with Gasteiger partial charge in [0.2, 0.25) is 0 Å². The minimum atomic E-state index is -0.214. The number of likely N-dealkylation sites (N-methyl/N-ethyl adjacent to an activating group) is 1. The monoisotopic (exact) mass is 494 g/mol. The van der Waals surface area contributed by atoms with Crippen molar-refractivity contribution >= 4 is 45.5 Å². The molecule has 1 aliphatic rings. The summed E-state index contributed by atoms with van der Waals surface area (Å²) in [5.41, 5.74) is 4.87. The fraction of sp³-hybridized carbons (Fsp3) is 0.222. The smallest absolute Gasteiger partial charge is 0.131 e. The molecule has 1 N–H and O–H groups in total. The van der Waals surface area contributed by atoms with E-state index in [9.17, 15) is 0 Å². The fourth-order valence-electron chi connectivity index (χ4n) is 4.31. The zero-order valence-corrected chi connectivity index (χ0v) is 20.4. The Hall–Kier alpha value is -2.70. The van der Waals surface area contributed by atoms with Crippen molar-refractivity contribution in [1.29, 1.82) is 0 Å². The van der Waals surface area contributed by atoms with Gasteiger partial charge < -0.3 is 10.2 Å². The van der Waals surface area contributed by atoms with Gasteiger partial charge in [0.05, 0.1) is 15.6 Å². The summed E-state index contributed by atoms with van der Waals surface area (Å²) in [6, 6.07) is 18.7. The van der Waals surface area contributed by atoms with Crippen molar-refractivity contribution in [2.75, 3.05) is 38.5 Å². The third-order valence-corrected chi connectivity index (χ3v) is 7.03. The van der Waals surface area contributed by atoms with E-state index in [4.69, 9.17) is 23.2 Å². The first kappa shape index (κ1) is 23.1. The number of nitrogens with zero attached hydrogens (tertiary/aromatic N) is 3. The van der Waals surface area contributed by atoms with E-state index in [0.29, 0.717) is 15.6 Å². The number of hydrogen-bond donors (Lipinski definition) is 1. The lowest BCUT2D eigenvalue weighted by atomic mass is 10.0. The average molecular weight is 495 g/mol. The Kier molecular flexibility index (Phi) is 6.70. The normalized spacial score (nSPS) is 15.1. The lowest BCUT2D eigenvalue weighted by Crippen LogP contribution is -2.43. The average Bonchev–Trinajstić information content (AvgIpc) is 2.83. The van der Waals surface area contributed by atoms with E-state index in [1.807, 2.05) is 42.5 Å². The van der Waals surface area contributed by atoms with Crippen LogP contribution in [-0.2, 0) is 6.54 Å². The minimum Gasteiger partial charge on any atom is -0.355 e. The molecule has 1 aliphatic heterocycles. The number of piperazine rings is 1. The number of nitrogens with one attached hydrogen (secondary N) is 1. The van der Waals surface area contributed by atoms with Crippen LogP contribution in [0.5, 0.6) is 0 Å². The summed E-state index contributed by atoms with van der Waals surface area (Å²) in [6.45, 7) is 4.87. The van der Waals surface area contributed by atoms with Crippen LogP contribution < -0.4 is 5.32 Å². The molecule has 1 aromatic heterocycles. The van der Waals surface area contributed by atoms with Crippen LogP contribution in [0.2, 0.25) is 10.0 Å². The van der Waals surface area contributed by atoms with Crippen LogP contribution in [0.1, 0.15) is 5.56 Å². The summed E-state index contributed by atoms with van der Waals surface area (Å²) >= 11 is 12.2. The van der Waals surface area contributed by atoms with Gasteiger partial charge in [0, 0.05) is 61.2 Å². The van der Waals surface area contributed by atoms with Crippen LogP contribution in [0.15, 0.2) is 66.9 Å². The quantitative estimate of drug-likeness (QED) is 0.329. The first-order valence-corrected chi connectivity index (χ1v) is 12.0. The predicted molar refractivity (Wildman–Crippen MR) is 140 cm³/mol. The highest BCUT2D eigenvalue weighted by Gasteiger charge is 2.15. The molecule has 1 fully saturated rings. The topological polar surface area (TPSA) is 31.4 Å². The van der Waals surface area contributed by atoms with Crippen molar-refractivity contribution in [2.45, 2.75) is 6.54 Å². The van der Waals surface area contributed by atoms with E-state index >= 15 is 4.39 Å². The highest BCUT2D eigenvalue weighted by Crippen LogP contribution is 2.33. The lowest BCUT2D eigenvalue weighted by molar-refractivity contribution is 0.148. The van der Waals surface area contributed by atoms with Crippen molar-refractivity contribution in [2.24, 2.45) is 0 Å². The van der Waals surface area contributed by atoms with E-state index in [-0.39, 0.29) is 5.82 Å². The number of halogens is 3. The molecule has 1 saturated heterocycles. The molecule has 5 rings (SSSR count). The maximum atomic E-state index is 15.2. The molecule has 0 saturated carbocycles. The van der Waals surface area contributed by atoms with Gasteiger partial charge in [-0.25, -0.2) is 4.39 Å². The lowest BCUT2D eigenvalue weighted by Gasteiger charge is -2.32. The Morgan fingerprint density at radius 1 is 0.912 bits per heavy atom. The number of rotatable bonds is 5. The second-order valence-corrected chi connectivity index (χ2v) is 9.55. The van der Waals surface area contributed by atoms with Crippen molar-refractivity contribution in [3.8, 4) is 11.1 Å². The van der Waals surface area contributed by atoms with Gasteiger partial charge in [0.1, 0.15) is 5.82 Å². The van der Waals surface area contributed by atoms with Gasteiger partial charge in [-0.2, -0.15) is 0 Å². The van der Waals surface area contributed by atoms with Crippen LogP contribution in [0.25, 0.3) is 22.0 Å². The number of fused-ring (bicyclic) bond motifs is 1. The van der Waals surface area contributed by atoms with Crippen LogP contribution >= 0.6 is 23.2 Å². The summed E-state index contributed by atoms with van der Waals surface area (Å²) in [4.78, 5) is 9.16. The second kappa shape index (κ2) is 9.88. The van der Waals surface area contributed by atoms with E-state index in [0.717, 1.165) is 66.1 Å². The van der Waals surface area contributed by atoms with Gasteiger partial charge >= 0.3 is 0 Å². The van der Waals surface area contributed by atoms with Crippen LogP contribution in [0.4, 0.5) is 15.8 Å². The molecule has 3 aromatic carbocycles. The Morgan fingerprint density at radius 3 is 2.50 bits per heavy atom. The highest BCUT2D eigenvalue weighted by atomic mass is 35.5. The standard InChI is InChI=1S/C27H25Cl2FN4/c1-33-10-12-34(13-11-33)17-18-2-5-21(25(30)14-18)19-3-7-26-22(15-19)27(8-9-31-26)32-20-4-6-23(28)24(29)16-20/h2-9,14-16H,10-13,17H2,1H3,(H,31,32). The summed E-state index contributed by atoms with van der Waals surface area (Å²) in [5.74, 6) is -0.214. The zero-order chi connectivity index (χ0) is 23.7. The van der Waals surface area contributed by atoms with Crippen LogP contribution in [0.3, 0.4) is 0 Å². The Balaban J connectivity index is 1.42. The third-order valence-electron chi connectivity index (χ3n) is 6.29. The second-order valence-electron chi connectivity index (χ2n) is 8.74. The molecule has 7 heteroatoms. The third kappa shape index (κ3) is 5.03. The van der Waals surface area contributed by atoms with Gasteiger partial charge in [-0.15, -0.1) is 0 Å². The van der Waals surface area contributed by atoms with E-state index in [2.05, 4.69) is 27.1 Å².